The third-order valence-electron chi connectivity index (χ3n) is 3.97. The maximum absolute atomic E-state index is 12.8. The molecule has 3 rings (SSSR count). The molecule has 0 saturated heterocycles. The number of methoxy groups -OCH3 is 1. The van der Waals surface area contributed by atoms with Crippen molar-refractivity contribution in [2.75, 3.05) is 7.11 Å². The Morgan fingerprint density at radius 1 is 1.20 bits per heavy atom. The van der Waals surface area contributed by atoms with E-state index in [0.29, 0.717) is 22.4 Å². The summed E-state index contributed by atoms with van der Waals surface area (Å²) in [5, 5.41) is 20.2. The van der Waals surface area contributed by atoms with Crippen LogP contribution in [0.15, 0.2) is 65.0 Å². The zero-order valence-electron chi connectivity index (χ0n) is 13.6. The third-order valence-corrected chi connectivity index (χ3v) is 3.97. The number of aromatic hydroxyl groups is 2. The van der Waals surface area contributed by atoms with Gasteiger partial charge in [-0.1, -0.05) is 25.3 Å². The van der Waals surface area contributed by atoms with Gasteiger partial charge in [-0.25, -0.2) is 0 Å². The van der Waals surface area contributed by atoms with Gasteiger partial charge in [0.05, 0.1) is 12.7 Å². The predicted molar refractivity (Wildman–Crippen MR) is 97.0 cm³/mol. The van der Waals surface area contributed by atoms with E-state index in [4.69, 9.17) is 9.15 Å². The van der Waals surface area contributed by atoms with Gasteiger partial charge in [0.15, 0.2) is 0 Å². The first-order valence-corrected chi connectivity index (χ1v) is 7.44. The van der Waals surface area contributed by atoms with Gasteiger partial charge < -0.3 is 19.4 Å². The summed E-state index contributed by atoms with van der Waals surface area (Å²) in [5.41, 5.74) is 1.61. The molecule has 0 saturated carbocycles. The van der Waals surface area contributed by atoms with Gasteiger partial charge in [-0.2, -0.15) is 0 Å². The Balaban J connectivity index is 2.25. The Kier molecular flexibility index (Phi) is 4.07. The molecule has 0 fully saturated rings. The van der Waals surface area contributed by atoms with Gasteiger partial charge in [-0.05, 0) is 23.3 Å². The largest absolute Gasteiger partial charge is 0.507 e. The topological polar surface area (TPSA) is 79.9 Å². The number of phenols is 2. The van der Waals surface area contributed by atoms with Crippen molar-refractivity contribution in [1.29, 1.82) is 0 Å². The van der Waals surface area contributed by atoms with Crippen LogP contribution in [0.3, 0.4) is 0 Å². The molecule has 0 spiro atoms. The number of benzene rings is 2. The van der Waals surface area contributed by atoms with E-state index >= 15 is 0 Å². The quantitative estimate of drug-likeness (QED) is 0.702. The van der Waals surface area contributed by atoms with E-state index in [1.165, 1.54) is 37.6 Å². The molecule has 3 aromatic rings. The molecule has 2 N–H and O–H groups in total. The summed E-state index contributed by atoms with van der Waals surface area (Å²) in [5.74, 6) is 0.195. The van der Waals surface area contributed by atoms with E-state index in [9.17, 15) is 15.0 Å². The Morgan fingerprint density at radius 2 is 1.96 bits per heavy atom. The third kappa shape index (κ3) is 2.76. The Morgan fingerprint density at radius 3 is 2.64 bits per heavy atom. The van der Waals surface area contributed by atoms with Crippen LogP contribution < -0.4 is 10.2 Å². The van der Waals surface area contributed by atoms with E-state index in [2.05, 4.69) is 13.2 Å². The van der Waals surface area contributed by atoms with Crippen LogP contribution >= 0.6 is 0 Å². The lowest BCUT2D eigenvalue weighted by Gasteiger charge is -2.09. The summed E-state index contributed by atoms with van der Waals surface area (Å²) in [6, 6.07) is 7.57. The summed E-state index contributed by atoms with van der Waals surface area (Å²) >= 11 is 0. The summed E-state index contributed by atoms with van der Waals surface area (Å²) in [6.07, 6.45) is 2.83. The van der Waals surface area contributed by atoms with Crippen LogP contribution in [0.2, 0.25) is 0 Å². The molecule has 0 amide bonds. The number of phenolic OH excluding ortho intramolecular Hbond substituents is 2. The summed E-state index contributed by atoms with van der Waals surface area (Å²) < 4.78 is 10.6. The van der Waals surface area contributed by atoms with E-state index in [-0.39, 0.29) is 33.5 Å². The maximum atomic E-state index is 12.8. The van der Waals surface area contributed by atoms with Crippen LogP contribution in [-0.4, -0.2) is 17.3 Å². The molecule has 0 unspecified atom stereocenters. The smallest absolute Gasteiger partial charge is 0.204 e. The van der Waals surface area contributed by atoms with Crippen molar-refractivity contribution in [3.63, 3.8) is 0 Å². The molecule has 0 radical (unpaired) electrons. The Hall–Kier alpha value is -3.47. The van der Waals surface area contributed by atoms with Crippen LogP contribution in [-0.2, 0) is 0 Å². The van der Waals surface area contributed by atoms with Gasteiger partial charge >= 0.3 is 0 Å². The van der Waals surface area contributed by atoms with Crippen molar-refractivity contribution >= 4 is 16.5 Å². The molecular formula is C20H16O5. The summed E-state index contributed by atoms with van der Waals surface area (Å²) in [7, 11) is 1.46. The van der Waals surface area contributed by atoms with Crippen molar-refractivity contribution in [1.82, 2.24) is 0 Å². The second kappa shape index (κ2) is 6.20. The fraction of sp³-hybridized carbons (Fsp3) is 0.0500. The lowest BCUT2D eigenvalue weighted by Crippen LogP contribution is -2.05. The first kappa shape index (κ1) is 16.4. The fourth-order valence-electron chi connectivity index (χ4n) is 2.60. The molecule has 0 bridgehead atoms. The zero-order valence-corrected chi connectivity index (χ0v) is 13.6. The highest BCUT2D eigenvalue weighted by Gasteiger charge is 2.15. The van der Waals surface area contributed by atoms with Crippen molar-refractivity contribution in [3.05, 3.63) is 71.6 Å². The van der Waals surface area contributed by atoms with E-state index in [1.54, 1.807) is 12.1 Å². The summed E-state index contributed by atoms with van der Waals surface area (Å²) in [4.78, 5) is 12.8. The van der Waals surface area contributed by atoms with Gasteiger partial charge in [0.1, 0.15) is 34.5 Å². The minimum atomic E-state index is -0.387. The van der Waals surface area contributed by atoms with Gasteiger partial charge in [-0.3, -0.25) is 4.79 Å². The second-order valence-electron chi connectivity index (χ2n) is 5.46. The van der Waals surface area contributed by atoms with Gasteiger partial charge in [0, 0.05) is 17.7 Å². The number of hydrogen-bond acceptors (Lipinski definition) is 5. The molecule has 1 aromatic heterocycles. The maximum Gasteiger partial charge on any atom is 0.204 e. The van der Waals surface area contributed by atoms with Gasteiger partial charge in [0.25, 0.3) is 0 Å². The molecule has 1 heterocycles. The lowest BCUT2D eigenvalue weighted by atomic mass is 9.99. The highest BCUT2D eigenvalue weighted by Crippen LogP contribution is 2.32. The highest BCUT2D eigenvalue weighted by atomic mass is 16.5. The van der Waals surface area contributed by atoms with Gasteiger partial charge in [-0.15, -0.1) is 0 Å². The molecule has 5 heteroatoms. The normalized spacial score (nSPS) is 10.6. The average Bonchev–Trinajstić information content (AvgIpc) is 2.61. The van der Waals surface area contributed by atoms with Crippen LogP contribution in [0, 0.1) is 0 Å². The minimum Gasteiger partial charge on any atom is -0.507 e. The number of fused-ring (bicyclic) bond motifs is 1. The van der Waals surface area contributed by atoms with Crippen molar-refractivity contribution < 1.29 is 19.4 Å². The van der Waals surface area contributed by atoms with Crippen LogP contribution in [0.25, 0.3) is 27.7 Å². The monoisotopic (exact) mass is 336 g/mol. The average molecular weight is 336 g/mol. The van der Waals surface area contributed by atoms with E-state index < -0.39 is 0 Å². The predicted octanol–water partition coefficient (Wildman–Crippen LogP) is 4.08. The highest BCUT2D eigenvalue weighted by molar-refractivity contribution is 5.88. The Bertz CT molecular complexity index is 1060. The molecular weight excluding hydrogens is 320 g/mol. The zero-order chi connectivity index (χ0) is 18.1. The van der Waals surface area contributed by atoms with Crippen LogP contribution in [0.5, 0.6) is 17.2 Å². The SMILES string of the molecule is C=CC(=C)c1cc(-c2coc3cc(OC)cc(O)c3c2=O)ccc1O. The van der Waals surface area contributed by atoms with E-state index in [0.717, 1.165) is 0 Å². The molecule has 2 aromatic carbocycles. The minimum absolute atomic E-state index is 0.0337. The first-order chi connectivity index (χ1) is 12.0. The molecule has 0 aliphatic rings. The van der Waals surface area contributed by atoms with E-state index in [1.807, 2.05) is 0 Å². The molecule has 0 atom stereocenters. The standard InChI is InChI=1S/C20H16O5/c1-4-11(2)14-7-12(5-6-16(14)21)15-10-25-18-9-13(24-3)8-17(22)19(18)20(15)23/h4-10,21-22H,1-2H2,3H3. The molecule has 0 aliphatic heterocycles. The van der Waals surface area contributed by atoms with Gasteiger partial charge in [0.2, 0.25) is 5.43 Å². The Labute approximate surface area is 143 Å². The molecule has 5 nitrogen and oxygen atoms in total. The number of rotatable bonds is 4. The number of allylic oxidation sites excluding steroid dienone is 2. The molecule has 126 valence electrons. The first-order valence-electron chi connectivity index (χ1n) is 7.44. The van der Waals surface area contributed by atoms with Crippen LogP contribution in [0.1, 0.15) is 5.56 Å². The molecule has 0 aliphatic carbocycles. The lowest BCUT2D eigenvalue weighted by molar-refractivity contribution is 0.408. The van der Waals surface area contributed by atoms with Crippen molar-refractivity contribution in [3.8, 4) is 28.4 Å². The number of hydrogen-bond donors (Lipinski definition) is 2. The van der Waals surface area contributed by atoms with Crippen molar-refractivity contribution in [2.24, 2.45) is 0 Å². The van der Waals surface area contributed by atoms with Crippen molar-refractivity contribution in [2.45, 2.75) is 0 Å². The number of ether oxygens (including phenoxy) is 1. The summed E-state index contributed by atoms with van der Waals surface area (Å²) in [6.45, 7) is 7.44. The molecule has 25 heavy (non-hydrogen) atoms. The van der Waals surface area contributed by atoms with Crippen LogP contribution in [0.4, 0.5) is 0 Å². The second-order valence-corrected chi connectivity index (χ2v) is 5.46. The fourth-order valence-corrected chi connectivity index (χ4v) is 2.60.